The third kappa shape index (κ3) is 2.88. The fourth-order valence-corrected chi connectivity index (χ4v) is 3.79. The smallest absolute Gasteiger partial charge is 0.297 e. The molecule has 22 heavy (non-hydrogen) atoms. The Kier molecular flexibility index (Phi) is 4.19. The molecule has 8 heteroatoms. The largest absolute Gasteiger partial charge is 0.372 e. The number of aryl methyl sites for hydroxylation is 1. The second kappa shape index (κ2) is 5.84. The summed E-state index contributed by atoms with van der Waals surface area (Å²) in [4.78, 5) is 0.0185. The molecule has 4 atom stereocenters. The number of halogens is 2. The lowest BCUT2D eigenvalue weighted by molar-refractivity contribution is -0.0105. The SMILES string of the molecule is Cc1ccc(S(=O)(=O)O[C@@H]2CO[C@H]3[C@@H]2OC[C@H]3C(F)F)cc1. The van der Waals surface area contributed by atoms with Gasteiger partial charge in [-0.25, -0.2) is 8.78 Å². The molecular formula is C14H16F2O5S. The summed E-state index contributed by atoms with van der Waals surface area (Å²) in [5.41, 5.74) is 0.919. The lowest BCUT2D eigenvalue weighted by atomic mass is 10.0. The number of rotatable bonds is 4. The molecule has 5 nitrogen and oxygen atoms in total. The minimum absolute atomic E-state index is 0.0185. The molecule has 2 aliphatic heterocycles. The predicted octanol–water partition coefficient (Wildman–Crippen LogP) is 1.75. The molecule has 122 valence electrons. The van der Waals surface area contributed by atoms with Crippen molar-refractivity contribution in [3.8, 4) is 0 Å². The zero-order valence-electron chi connectivity index (χ0n) is 11.8. The van der Waals surface area contributed by atoms with E-state index in [4.69, 9.17) is 13.7 Å². The van der Waals surface area contributed by atoms with Crippen LogP contribution in [0.4, 0.5) is 8.78 Å². The molecule has 0 amide bonds. The molecule has 2 heterocycles. The van der Waals surface area contributed by atoms with Gasteiger partial charge in [0.2, 0.25) is 6.43 Å². The van der Waals surface area contributed by atoms with Crippen LogP contribution in [-0.4, -0.2) is 46.4 Å². The number of benzene rings is 1. The van der Waals surface area contributed by atoms with Gasteiger partial charge in [0.15, 0.2) is 0 Å². The van der Waals surface area contributed by atoms with Crippen molar-refractivity contribution >= 4 is 10.1 Å². The first-order chi connectivity index (χ1) is 10.4. The fourth-order valence-electron chi connectivity index (χ4n) is 2.72. The second-order valence-corrected chi connectivity index (χ2v) is 7.07. The van der Waals surface area contributed by atoms with E-state index in [1.807, 2.05) is 6.92 Å². The second-order valence-electron chi connectivity index (χ2n) is 5.50. The van der Waals surface area contributed by atoms with Gasteiger partial charge in [0.25, 0.3) is 10.1 Å². The molecule has 0 N–H and O–H groups in total. The predicted molar refractivity (Wildman–Crippen MR) is 72.2 cm³/mol. The Morgan fingerprint density at radius 2 is 1.77 bits per heavy atom. The number of alkyl halides is 2. The summed E-state index contributed by atoms with van der Waals surface area (Å²) >= 11 is 0. The van der Waals surface area contributed by atoms with Crippen LogP contribution in [0, 0.1) is 12.8 Å². The van der Waals surface area contributed by atoms with Gasteiger partial charge in [0.05, 0.1) is 30.1 Å². The molecule has 0 saturated carbocycles. The van der Waals surface area contributed by atoms with Gasteiger partial charge in [-0.05, 0) is 19.1 Å². The maximum absolute atomic E-state index is 12.8. The highest BCUT2D eigenvalue weighted by Crippen LogP contribution is 2.36. The normalized spacial score (nSPS) is 31.6. The molecule has 2 fully saturated rings. The fraction of sp³-hybridized carbons (Fsp3) is 0.571. The number of hydrogen-bond acceptors (Lipinski definition) is 5. The van der Waals surface area contributed by atoms with Crippen molar-refractivity contribution in [2.45, 2.75) is 36.6 Å². The van der Waals surface area contributed by atoms with Crippen molar-refractivity contribution in [3.63, 3.8) is 0 Å². The van der Waals surface area contributed by atoms with Gasteiger partial charge in [-0.2, -0.15) is 8.42 Å². The quantitative estimate of drug-likeness (QED) is 0.785. The molecule has 0 radical (unpaired) electrons. The van der Waals surface area contributed by atoms with Gasteiger partial charge in [-0.15, -0.1) is 0 Å². The van der Waals surface area contributed by atoms with E-state index < -0.39 is 40.8 Å². The highest BCUT2D eigenvalue weighted by Gasteiger charge is 2.52. The van der Waals surface area contributed by atoms with E-state index in [2.05, 4.69) is 0 Å². The number of fused-ring (bicyclic) bond motifs is 1. The number of ether oxygens (including phenoxy) is 2. The summed E-state index contributed by atoms with van der Waals surface area (Å²) in [5.74, 6) is -1.04. The molecule has 3 rings (SSSR count). The molecule has 0 spiro atoms. The van der Waals surface area contributed by atoms with Crippen molar-refractivity contribution in [2.75, 3.05) is 13.2 Å². The Hall–Kier alpha value is -1.09. The first-order valence-electron chi connectivity index (χ1n) is 6.90. The molecule has 0 aliphatic carbocycles. The first kappa shape index (κ1) is 15.8. The lowest BCUT2D eigenvalue weighted by Crippen LogP contribution is -2.34. The van der Waals surface area contributed by atoms with Gasteiger partial charge >= 0.3 is 0 Å². The van der Waals surface area contributed by atoms with Crippen LogP contribution >= 0.6 is 0 Å². The Morgan fingerprint density at radius 3 is 2.41 bits per heavy atom. The van der Waals surface area contributed by atoms with Crippen LogP contribution < -0.4 is 0 Å². The van der Waals surface area contributed by atoms with E-state index in [1.165, 1.54) is 12.1 Å². The zero-order valence-corrected chi connectivity index (χ0v) is 12.6. The van der Waals surface area contributed by atoms with E-state index in [-0.39, 0.29) is 18.1 Å². The van der Waals surface area contributed by atoms with Crippen LogP contribution in [0.1, 0.15) is 5.56 Å². The topological polar surface area (TPSA) is 61.8 Å². The summed E-state index contributed by atoms with van der Waals surface area (Å²) in [7, 11) is -3.98. The molecule has 0 aromatic heterocycles. The van der Waals surface area contributed by atoms with E-state index in [0.29, 0.717) is 0 Å². The maximum atomic E-state index is 12.8. The average molecular weight is 334 g/mol. The van der Waals surface area contributed by atoms with Crippen molar-refractivity contribution in [2.24, 2.45) is 5.92 Å². The zero-order chi connectivity index (χ0) is 15.9. The van der Waals surface area contributed by atoms with Crippen LogP contribution in [0.15, 0.2) is 29.2 Å². The Balaban J connectivity index is 1.73. The highest BCUT2D eigenvalue weighted by molar-refractivity contribution is 7.86. The van der Waals surface area contributed by atoms with Gasteiger partial charge in [-0.3, -0.25) is 4.18 Å². The van der Waals surface area contributed by atoms with Crippen molar-refractivity contribution in [1.29, 1.82) is 0 Å². The third-order valence-electron chi connectivity index (χ3n) is 3.93. The van der Waals surface area contributed by atoms with Crippen LogP contribution in [0.3, 0.4) is 0 Å². The maximum Gasteiger partial charge on any atom is 0.297 e. The van der Waals surface area contributed by atoms with Crippen molar-refractivity contribution in [1.82, 2.24) is 0 Å². The first-order valence-corrected chi connectivity index (χ1v) is 8.30. The molecule has 2 saturated heterocycles. The van der Waals surface area contributed by atoms with Gasteiger partial charge in [0, 0.05) is 0 Å². The Bertz CT molecular complexity index is 631. The monoisotopic (exact) mass is 334 g/mol. The van der Waals surface area contributed by atoms with E-state index in [0.717, 1.165) is 5.56 Å². The molecule has 1 aromatic carbocycles. The van der Waals surface area contributed by atoms with Gasteiger partial charge in [0.1, 0.15) is 12.2 Å². The van der Waals surface area contributed by atoms with Crippen LogP contribution in [0.25, 0.3) is 0 Å². The Morgan fingerprint density at radius 1 is 1.14 bits per heavy atom. The molecule has 1 aromatic rings. The lowest BCUT2D eigenvalue weighted by Gasteiger charge is -2.16. The van der Waals surface area contributed by atoms with E-state index in [9.17, 15) is 17.2 Å². The molecule has 0 unspecified atom stereocenters. The minimum atomic E-state index is -3.98. The van der Waals surface area contributed by atoms with E-state index >= 15 is 0 Å². The Labute approximate surface area is 127 Å². The summed E-state index contributed by atoms with van der Waals surface area (Å²) in [6.07, 6.45) is -5.07. The van der Waals surface area contributed by atoms with Crippen molar-refractivity contribution < 1.29 is 30.9 Å². The number of hydrogen-bond donors (Lipinski definition) is 0. The minimum Gasteiger partial charge on any atom is -0.372 e. The van der Waals surface area contributed by atoms with Gasteiger partial charge < -0.3 is 9.47 Å². The summed E-state index contributed by atoms with van der Waals surface area (Å²) in [6, 6.07) is 6.19. The highest BCUT2D eigenvalue weighted by atomic mass is 32.2. The molecule has 0 bridgehead atoms. The summed E-state index contributed by atoms with van der Waals surface area (Å²) < 4.78 is 65.8. The molecule has 2 aliphatic rings. The standard InChI is InChI=1S/C14H16F2O5S/c1-8-2-4-9(5-3-8)22(17,18)21-11-7-20-12-10(14(15)16)6-19-13(11)12/h2-5,10-14H,6-7H2,1H3/t10-,11-,12-,13-/m1/s1. The molecular weight excluding hydrogens is 318 g/mol. The summed E-state index contributed by atoms with van der Waals surface area (Å²) in [5, 5.41) is 0. The van der Waals surface area contributed by atoms with Crippen LogP contribution in [0.5, 0.6) is 0 Å². The van der Waals surface area contributed by atoms with Gasteiger partial charge in [-0.1, -0.05) is 17.7 Å². The third-order valence-corrected chi connectivity index (χ3v) is 5.28. The average Bonchev–Trinajstić information content (AvgIpc) is 3.02. The summed E-state index contributed by atoms with van der Waals surface area (Å²) in [6.45, 7) is 1.60. The van der Waals surface area contributed by atoms with Crippen LogP contribution in [0.2, 0.25) is 0 Å². The van der Waals surface area contributed by atoms with E-state index in [1.54, 1.807) is 12.1 Å². The van der Waals surface area contributed by atoms with Crippen molar-refractivity contribution in [3.05, 3.63) is 29.8 Å². The van der Waals surface area contributed by atoms with Crippen LogP contribution in [-0.2, 0) is 23.8 Å².